The van der Waals surface area contributed by atoms with Gasteiger partial charge in [-0.25, -0.2) is 9.97 Å². The summed E-state index contributed by atoms with van der Waals surface area (Å²) in [6.07, 6.45) is 3.89. The second-order valence-electron chi connectivity index (χ2n) is 18.0. The van der Waals surface area contributed by atoms with E-state index in [1.165, 1.54) is 60.5 Å². The monoisotopic (exact) mass is 842 g/mol. The van der Waals surface area contributed by atoms with E-state index in [-0.39, 0.29) is 5.41 Å². The molecule has 1 aliphatic rings. The molecule has 0 spiro atoms. The van der Waals surface area contributed by atoms with Crippen LogP contribution in [-0.2, 0) is 5.41 Å². The van der Waals surface area contributed by atoms with Gasteiger partial charge in [0.1, 0.15) is 0 Å². The van der Waals surface area contributed by atoms with Crippen LogP contribution in [0.25, 0.3) is 116 Å². The third-order valence-corrected chi connectivity index (χ3v) is 13.9. The molecule has 0 unspecified atom stereocenters. The predicted octanol–water partition coefficient (Wildman–Crippen LogP) is 15.9. The van der Waals surface area contributed by atoms with Gasteiger partial charge in [-0.2, -0.15) is 0 Å². The molecule has 0 radical (unpaired) electrons. The molecule has 0 saturated carbocycles. The van der Waals surface area contributed by atoms with Gasteiger partial charge in [0.05, 0.1) is 22.4 Å². The summed E-state index contributed by atoms with van der Waals surface area (Å²) >= 11 is 0. The van der Waals surface area contributed by atoms with E-state index in [4.69, 9.17) is 9.97 Å². The molecule has 0 bridgehead atoms. The number of fused-ring (bicyclic) bond motifs is 8. The van der Waals surface area contributed by atoms with Crippen LogP contribution in [0.5, 0.6) is 0 Å². The van der Waals surface area contributed by atoms with Crippen molar-refractivity contribution in [1.29, 1.82) is 0 Å². The molecule has 3 aromatic heterocycles. The lowest BCUT2D eigenvalue weighted by Crippen LogP contribution is -2.15. The maximum absolute atomic E-state index is 5.41. The zero-order valence-electron chi connectivity index (χ0n) is 36.6. The van der Waals surface area contributed by atoms with Gasteiger partial charge in [-0.1, -0.05) is 178 Å². The van der Waals surface area contributed by atoms with Crippen LogP contribution in [0.4, 0.5) is 0 Å². The first-order valence-electron chi connectivity index (χ1n) is 22.7. The SMILES string of the molecule is CC1(C)c2ccccc2-c2ccc(-n3c4ccncc4c4cc(-c5cc(-c6ccccc6)nc(-c6cccc(-c7c8ccccc8c(-c8ccccc8)c8ccccc78)c6)n5)ccc43)cc21. The van der Waals surface area contributed by atoms with Crippen molar-refractivity contribution in [2.24, 2.45) is 0 Å². The Morgan fingerprint density at radius 1 is 0.379 bits per heavy atom. The average Bonchev–Trinajstić information content (AvgIpc) is 3.83. The number of nitrogens with zero attached hydrogens (tertiary/aromatic N) is 4. The van der Waals surface area contributed by atoms with E-state index in [2.05, 4.69) is 224 Å². The van der Waals surface area contributed by atoms with Crippen LogP contribution in [0.3, 0.4) is 0 Å². The van der Waals surface area contributed by atoms with Crippen LogP contribution in [0.1, 0.15) is 25.0 Å². The van der Waals surface area contributed by atoms with Crippen molar-refractivity contribution in [2.75, 3.05) is 0 Å². The van der Waals surface area contributed by atoms with Crippen LogP contribution in [-0.4, -0.2) is 19.5 Å². The first-order valence-corrected chi connectivity index (χ1v) is 22.7. The lowest BCUT2D eigenvalue weighted by atomic mass is 9.82. The van der Waals surface area contributed by atoms with Crippen molar-refractivity contribution in [3.8, 4) is 73.0 Å². The lowest BCUT2D eigenvalue weighted by molar-refractivity contribution is 0.660. The summed E-state index contributed by atoms with van der Waals surface area (Å²) in [5, 5.41) is 7.10. The molecular weight excluding hydrogens is 801 g/mol. The highest BCUT2D eigenvalue weighted by Crippen LogP contribution is 2.50. The van der Waals surface area contributed by atoms with E-state index >= 15 is 0 Å². The fourth-order valence-corrected chi connectivity index (χ4v) is 10.8. The molecule has 3 heterocycles. The van der Waals surface area contributed by atoms with Crippen LogP contribution in [0.15, 0.2) is 219 Å². The van der Waals surface area contributed by atoms with Crippen molar-refractivity contribution in [3.05, 3.63) is 230 Å². The quantitative estimate of drug-likeness (QED) is 0.157. The van der Waals surface area contributed by atoms with E-state index in [0.29, 0.717) is 5.82 Å². The van der Waals surface area contributed by atoms with Gasteiger partial charge >= 0.3 is 0 Å². The van der Waals surface area contributed by atoms with Gasteiger partial charge in [-0.15, -0.1) is 0 Å². The Morgan fingerprint density at radius 3 is 1.68 bits per heavy atom. The van der Waals surface area contributed by atoms with Gasteiger partial charge in [-0.3, -0.25) is 4.98 Å². The first kappa shape index (κ1) is 38.0. The van der Waals surface area contributed by atoms with Gasteiger partial charge < -0.3 is 4.57 Å². The summed E-state index contributed by atoms with van der Waals surface area (Å²) in [4.78, 5) is 15.3. The largest absolute Gasteiger partial charge is 0.309 e. The second-order valence-corrected chi connectivity index (χ2v) is 18.0. The molecule has 12 aromatic rings. The summed E-state index contributed by atoms with van der Waals surface area (Å²) in [5.41, 5.74) is 18.1. The number of hydrogen-bond donors (Lipinski definition) is 0. The smallest absolute Gasteiger partial charge is 0.160 e. The third-order valence-electron chi connectivity index (χ3n) is 13.9. The minimum atomic E-state index is -0.106. The Bertz CT molecular complexity index is 3840. The molecule has 0 saturated heterocycles. The van der Waals surface area contributed by atoms with E-state index < -0.39 is 0 Å². The number of pyridine rings is 1. The Hall–Kier alpha value is -8.47. The molecule has 9 aromatic carbocycles. The molecule has 0 aliphatic heterocycles. The standard InChI is InChI=1S/C62H42N4/c1-62(2)53-27-14-13-22-45(53)46-30-29-44(36-54(46)62)66-57-31-28-41(35-51(57)52-38-63-33-32-58(52)66)56-37-55(39-16-5-3-6-17-39)64-61(65-56)43-21-15-20-42(34-43)60-49-25-11-9-23-47(49)59(40-18-7-4-8-19-40)48-24-10-12-26-50(48)60/h3-38H,1-2H3. The topological polar surface area (TPSA) is 43.6 Å². The summed E-state index contributed by atoms with van der Waals surface area (Å²) in [5.74, 6) is 0.675. The highest BCUT2D eigenvalue weighted by Gasteiger charge is 2.35. The fourth-order valence-electron chi connectivity index (χ4n) is 10.8. The predicted molar refractivity (Wildman–Crippen MR) is 274 cm³/mol. The molecule has 1 aliphatic carbocycles. The number of aromatic nitrogens is 4. The van der Waals surface area contributed by atoms with E-state index in [1.807, 2.05) is 18.5 Å². The summed E-state index contributed by atoms with van der Waals surface area (Å²) in [7, 11) is 0. The number of hydrogen-bond acceptors (Lipinski definition) is 3. The van der Waals surface area contributed by atoms with Crippen LogP contribution < -0.4 is 0 Å². The summed E-state index contributed by atoms with van der Waals surface area (Å²) in [6, 6.07) is 74.4. The van der Waals surface area contributed by atoms with Crippen molar-refractivity contribution in [2.45, 2.75) is 19.3 Å². The molecule has 0 N–H and O–H groups in total. The van der Waals surface area contributed by atoms with Crippen LogP contribution >= 0.6 is 0 Å². The Labute approximate surface area is 383 Å². The Balaban J connectivity index is 0.972. The van der Waals surface area contributed by atoms with Gasteiger partial charge in [0.2, 0.25) is 0 Å². The molecule has 66 heavy (non-hydrogen) atoms. The molecular formula is C62H42N4. The molecule has 4 heteroatoms. The zero-order chi connectivity index (χ0) is 43.9. The number of rotatable bonds is 6. The molecule has 310 valence electrons. The molecule has 0 fully saturated rings. The van der Waals surface area contributed by atoms with Crippen molar-refractivity contribution in [3.63, 3.8) is 0 Å². The summed E-state index contributed by atoms with van der Waals surface area (Å²) in [6.45, 7) is 4.68. The summed E-state index contributed by atoms with van der Waals surface area (Å²) < 4.78 is 2.39. The minimum Gasteiger partial charge on any atom is -0.309 e. The molecule has 0 amide bonds. The van der Waals surface area contributed by atoms with Crippen LogP contribution in [0, 0.1) is 0 Å². The van der Waals surface area contributed by atoms with E-state index in [0.717, 1.165) is 61.1 Å². The Kier molecular flexibility index (Phi) is 8.53. The Morgan fingerprint density at radius 2 is 0.955 bits per heavy atom. The maximum atomic E-state index is 5.41. The molecule has 0 atom stereocenters. The normalized spacial score (nSPS) is 12.8. The van der Waals surface area contributed by atoms with Gasteiger partial charge in [0.25, 0.3) is 0 Å². The van der Waals surface area contributed by atoms with Crippen molar-refractivity contribution >= 4 is 43.4 Å². The first-order chi connectivity index (χ1) is 32.5. The van der Waals surface area contributed by atoms with Crippen LogP contribution in [0.2, 0.25) is 0 Å². The number of benzene rings is 9. The van der Waals surface area contributed by atoms with Gasteiger partial charge in [0.15, 0.2) is 5.82 Å². The van der Waals surface area contributed by atoms with E-state index in [1.54, 1.807) is 0 Å². The average molecular weight is 843 g/mol. The highest BCUT2D eigenvalue weighted by atomic mass is 15.0. The maximum Gasteiger partial charge on any atom is 0.160 e. The lowest BCUT2D eigenvalue weighted by Gasteiger charge is -2.22. The molecule has 4 nitrogen and oxygen atoms in total. The zero-order valence-corrected chi connectivity index (χ0v) is 36.6. The highest BCUT2D eigenvalue weighted by molar-refractivity contribution is 6.21. The van der Waals surface area contributed by atoms with E-state index in [9.17, 15) is 0 Å². The second kappa shape index (κ2) is 14.8. The fraction of sp³-hybridized carbons (Fsp3) is 0.0484. The van der Waals surface area contributed by atoms with Gasteiger partial charge in [-0.05, 0) is 109 Å². The molecule has 13 rings (SSSR count). The van der Waals surface area contributed by atoms with Gasteiger partial charge in [0, 0.05) is 51.0 Å². The van der Waals surface area contributed by atoms with Crippen molar-refractivity contribution < 1.29 is 0 Å². The third kappa shape index (κ3) is 5.88. The van der Waals surface area contributed by atoms with Crippen molar-refractivity contribution in [1.82, 2.24) is 19.5 Å². The minimum absolute atomic E-state index is 0.106.